The van der Waals surface area contributed by atoms with Gasteiger partial charge < -0.3 is 15.1 Å². The van der Waals surface area contributed by atoms with E-state index in [1.807, 2.05) is 6.92 Å². The molecule has 1 aliphatic carbocycles. The molecule has 0 aromatic rings. The summed E-state index contributed by atoms with van der Waals surface area (Å²) in [5.74, 6) is 1.09. The van der Waals surface area contributed by atoms with Crippen LogP contribution in [0.5, 0.6) is 0 Å². The molecule has 2 aliphatic rings. The molecule has 0 amide bonds. The van der Waals surface area contributed by atoms with Crippen molar-refractivity contribution in [2.75, 3.05) is 19.6 Å². The van der Waals surface area contributed by atoms with E-state index in [4.69, 9.17) is 0 Å². The fraction of sp³-hybridized carbons (Fsp3) is 1.00. The van der Waals surface area contributed by atoms with Crippen LogP contribution >= 0.6 is 0 Å². The molecule has 0 aromatic carbocycles. The maximum Gasteiger partial charge on any atom is 0.0746 e. The Balaban J connectivity index is 1.93. The highest BCUT2D eigenvalue weighted by atomic mass is 16.3. The standard InChI is InChI=1S/C17H33NO2/c1-16(2,3)14-6-7-15(19)13(10-14)11-18-9-5-8-17(4,20)12-18/h13-15,19-20H,5-12H2,1-4H3. The maximum absolute atomic E-state index is 10.3. The van der Waals surface area contributed by atoms with Crippen molar-refractivity contribution in [2.24, 2.45) is 17.3 Å². The topological polar surface area (TPSA) is 43.7 Å². The summed E-state index contributed by atoms with van der Waals surface area (Å²) in [4.78, 5) is 2.36. The molecule has 0 spiro atoms. The number of rotatable bonds is 2. The minimum Gasteiger partial charge on any atom is -0.393 e. The monoisotopic (exact) mass is 283 g/mol. The lowest BCUT2D eigenvalue weighted by Crippen LogP contribution is -2.49. The third kappa shape index (κ3) is 4.19. The first-order valence-corrected chi connectivity index (χ1v) is 8.30. The van der Waals surface area contributed by atoms with E-state index in [0.717, 1.165) is 51.7 Å². The summed E-state index contributed by atoms with van der Waals surface area (Å²) in [6, 6.07) is 0. The van der Waals surface area contributed by atoms with Gasteiger partial charge in [-0.25, -0.2) is 0 Å². The van der Waals surface area contributed by atoms with Crippen LogP contribution in [-0.2, 0) is 0 Å². The van der Waals surface area contributed by atoms with E-state index in [1.54, 1.807) is 0 Å². The van der Waals surface area contributed by atoms with Crippen molar-refractivity contribution in [3.8, 4) is 0 Å². The predicted molar refractivity (Wildman–Crippen MR) is 82.6 cm³/mol. The highest BCUT2D eigenvalue weighted by molar-refractivity contribution is 4.89. The molecule has 20 heavy (non-hydrogen) atoms. The van der Waals surface area contributed by atoms with E-state index in [-0.39, 0.29) is 6.10 Å². The fourth-order valence-electron chi connectivity index (χ4n) is 4.04. The summed E-state index contributed by atoms with van der Waals surface area (Å²) in [6.07, 6.45) is 5.04. The van der Waals surface area contributed by atoms with Crippen LogP contribution < -0.4 is 0 Å². The summed E-state index contributed by atoms with van der Waals surface area (Å²) in [5, 5.41) is 20.5. The first kappa shape index (κ1) is 16.3. The first-order valence-electron chi connectivity index (χ1n) is 8.30. The Bertz CT molecular complexity index is 321. The van der Waals surface area contributed by atoms with Gasteiger partial charge in [-0.3, -0.25) is 0 Å². The average Bonchev–Trinajstić information content (AvgIpc) is 2.29. The quantitative estimate of drug-likeness (QED) is 0.819. The first-order chi connectivity index (χ1) is 9.17. The second kappa shape index (κ2) is 5.94. The zero-order valence-corrected chi connectivity index (χ0v) is 13.7. The van der Waals surface area contributed by atoms with E-state index in [2.05, 4.69) is 25.7 Å². The summed E-state index contributed by atoms with van der Waals surface area (Å²) in [5.41, 5.74) is -0.201. The van der Waals surface area contributed by atoms with E-state index < -0.39 is 5.60 Å². The Morgan fingerprint density at radius 1 is 1.25 bits per heavy atom. The van der Waals surface area contributed by atoms with Crippen molar-refractivity contribution in [3.63, 3.8) is 0 Å². The van der Waals surface area contributed by atoms with Gasteiger partial charge in [0.2, 0.25) is 0 Å². The molecule has 118 valence electrons. The van der Waals surface area contributed by atoms with Crippen LogP contribution in [0.25, 0.3) is 0 Å². The molecule has 1 heterocycles. The Hall–Kier alpha value is -0.120. The number of likely N-dealkylation sites (tertiary alicyclic amines) is 1. The van der Waals surface area contributed by atoms with Gasteiger partial charge >= 0.3 is 0 Å². The van der Waals surface area contributed by atoms with Gasteiger partial charge in [0.25, 0.3) is 0 Å². The number of β-amino-alcohol motifs (C(OH)–C–C–N with tert-alkyl or cyclic N) is 1. The summed E-state index contributed by atoms with van der Waals surface area (Å²) in [7, 11) is 0. The van der Waals surface area contributed by atoms with E-state index in [9.17, 15) is 10.2 Å². The van der Waals surface area contributed by atoms with Gasteiger partial charge in [-0.1, -0.05) is 20.8 Å². The zero-order valence-electron chi connectivity index (χ0n) is 13.7. The van der Waals surface area contributed by atoms with Gasteiger partial charge in [-0.15, -0.1) is 0 Å². The van der Waals surface area contributed by atoms with Crippen LogP contribution in [0, 0.1) is 17.3 Å². The molecular formula is C17H33NO2. The molecule has 0 aromatic heterocycles. The molecule has 2 rings (SSSR count). The van der Waals surface area contributed by atoms with Crippen molar-refractivity contribution < 1.29 is 10.2 Å². The number of hydrogen-bond acceptors (Lipinski definition) is 3. The van der Waals surface area contributed by atoms with Crippen molar-refractivity contribution in [3.05, 3.63) is 0 Å². The van der Waals surface area contributed by atoms with Crippen molar-refractivity contribution in [1.29, 1.82) is 0 Å². The Labute approximate surface area is 124 Å². The minimum absolute atomic E-state index is 0.152. The molecule has 3 nitrogen and oxygen atoms in total. The molecule has 1 saturated carbocycles. The maximum atomic E-state index is 10.3. The molecule has 0 bridgehead atoms. The molecule has 2 N–H and O–H groups in total. The average molecular weight is 283 g/mol. The lowest BCUT2D eigenvalue weighted by Gasteiger charge is -2.44. The van der Waals surface area contributed by atoms with Crippen LogP contribution in [0.3, 0.4) is 0 Å². The summed E-state index contributed by atoms with van der Waals surface area (Å²) < 4.78 is 0. The second-order valence-electron chi connectivity index (χ2n) is 8.54. The Morgan fingerprint density at radius 2 is 1.95 bits per heavy atom. The minimum atomic E-state index is -0.540. The van der Waals surface area contributed by atoms with Crippen LogP contribution in [0.2, 0.25) is 0 Å². The molecule has 0 radical (unpaired) electrons. The van der Waals surface area contributed by atoms with E-state index in [1.165, 1.54) is 0 Å². The molecular weight excluding hydrogens is 250 g/mol. The van der Waals surface area contributed by atoms with Crippen molar-refractivity contribution in [1.82, 2.24) is 4.90 Å². The third-order valence-corrected chi connectivity index (χ3v) is 5.41. The molecule has 4 atom stereocenters. The number of aliphatic hydroxyl groups excluding tert-OH is 1. The fourth-order valence-corrected chi connectivity index (χ4v) is 4.04. The van der Waals surface area contributed by atoms with Crippen LogP contribution in [0.1, 0.15) is 59.8 Å². The summed E-state index contributed by atoms with van der Waals surface area (Å²) in [6.45, 7) is 11.7. The molecule has 4 unspecified atom stereocenters. The molecule has 1 saturated heterocycles. The highest BCUT2D eigenvalue weighted by Gasteiger charge is 2.37. The lowest BCUT2D eigenvalue weighted by atomic mass is 9.68. The second-order valence-corrected chi connectivity index (χ2v) is 8.54. The van der Waals surface area contributed by atoms with Gasteiger partial charge in [-0.2, -0.15) is 0 Å². The van der Waals surface area contributed by atoms with Gasteiger partial charge in [0, 0.05) is 13.1 Å². The number of hydrogen-bond donors (Lipinski definition) is 2. The SMILES string of the molecule is CC1(O)CCCN(CC2CC(C(C)(C)C)CCC2O)C1. The lowest BCUT2D eigenvalue weighted by molar-refractivity contribution is -0.0429. The van der Waals surface area contributed by atoms with Gasteiger partial charge in [0.1, 0.15) is 0 Å². The van der Waals surface area contributed by atoms with Crippen LogP contribution in [-0.4, -0.2) is 46.5 Å². The smallest absolute Gasteiger partial charge is 0.0746 e. The zero-order chi connectivity index (χ0) is 15.0. The Morgan fingerprint density at radius 3 is 2.55 bits per heavy atom. The number of piperidine rings is 1. The van der Waals surface area contributed by atoms with Crippen LogP contribution in [0.15, 0.2) is 0 Å². The van der Waals surface area contributed by atoms with E-state index in [0.29, 0.717) is 17.3 Å². The predicted octanol–water partition coefficient (Wildman–Crippen LogP) is 2.66. The molecule has 3 heteroatoms. The normalized spacial score (nSPS) is 40.8. The molecule has 1 aliphatic heterocycles. The van der Waals surface area contributed by atoms with Crippen molar-refractivity contribution >= 4 is 0 Å². The van der Waals surface area contributed by atoms with Crippen molar-refractivity contribution in [2.45, 2.75) is 71.5 Å². The molecule has 2 fully saturated rings. The Kier molecular flexibility index (Phi) is 4.83. The van der Waals surface area contributed by atoms with E-state index >= 15 is 0 Å². The third-order valence-electron chi connectivity index (χ3n) is 5.41. The van der Waals surface area contributed by atoms with Gasteiger partial charge in [0.05, 0.1) is 11.7 Å². The number of aliphatic hydroxyl groups is 2. The van der Waals surface area contributed by atoms with Gasteiger partial charge in [0.15, 0.2) is 0 Å². The highest BCUT2D eigenvalue weighted by Crippen LogP contribution is 2.40. The number of nitrogens with zero attached hydrogens (tertiary/aromatic N) is 1. The largest absolute Gasteiger partial charge is 0.393 e. The van der Waals surface area contributed by atoms with Gasteiger partial charge in [-0.05, 0) is 62.8 Å². The van der Waals surface area contributed by atoms with Crippen LogP contribution in [0.4, 0.5) is 0 Å². The summed E-state index contributed by atoms with van der Waals surface area (Å²) >= 11 is 0.